The number of likely N-dealkylation sites (tertiary alicyclic amines) is 1. The summed E-state index contributed by atoms with van der Waals surface area (Å²) < 4.78 is 11.5. The highest BCUT2D eigenvalue weighted by molar-refractivity contribution is 4.55. The Kier molecular flexibility index (Phi) is 7.11. The third-order valence-electron chi connectivity index (χ3n) is 3.61. The molecule has 18 heavy (non-hydrogen) atoms. The molecule has 0 aromatic carbocycles. The molecule has 2 atom stereocenters. The van der Waals surface area contributed by atoms with E-state index in [1.54, 1.807) is 13.8 Å². The van der Waals surface area contributed by atoms with Crippen LogP contribution in [0.25, 0.3) is 0 Å². The van der Waals surface area contributed by atoms with Crippen LogP contribution < -0.4 is 0 Å². The van der Waals surface area contributed by atoms with Gasteiger partial charge in [-0.3, -0.25) is 0 Å². The first kappa shape index (κ1) is 15.9. The van der Waals surface area contributed by atoms with Crippen LogP contribution >= 0.6 is 0 Å². The first-order valence-electron chi connectivity index (χ1n) is 6.98. The summed E-state index contributed by atoms with van der Waals surface area (Å²) in [4.78, 5) is 0. The summed E-state index contributed by atoms with van der Waals surface area (Å²) >= 11 is 0. The lowest BCUT2D eigenvalue weighted by Gasteiger charge is -2.41. The molecule has 0 saturated carbocycles. The van der Waals surface area contributed by atoms with E-state index >= 15 is 0 Å². The molecule has 1 heterocycles. The van der Waals surface area contributed by atoms with Gasteiger partial charge < -0.3 is 24.2 Å². The topological polar surface area (TPSA) is 58.9 Å². The zero-order valence-electron chi connectivity index (χ0n) is 11.7. The zero-order valence-corrected chi connectivity index (χ0v) is 11.7. The molecule has 108 valence electrons. The van der Waals surface area contributed by atoms with Gasteiger partial charge in [-0.15, -0.1) is 0 Å². The second-order valence-corrected chi connectivity index (χ2v) is 5.24. The van der Waals surface area contributed by atoms with Crippen LogP contribution in [0.15, 0.2) is 0 Å². The lowest BCUT2D eigenvalue weighted by Crippen LogP contribution is -2.55. The van der Waals surface area contributed by atoms with E-state index in [0.717, 1.165) is 30.7 Å². The van der Waals surface area contributed by atoms with Gasteiger partial charge in [0.2, 0.25) is 0 Å². The van der Waals surface area contributed by atoms with Crippen molar-refractivity contribution >= 4 is 0 Å². The Balaban J connectivity index is 2.36. The van der Waals surface area contributed by atoms with Crippen LogP contribution in [0.5, 0.6) is 0 Å². The third-order valence-corrected chi connectivity index (χ3v) is 3.61. The second kappa shape index (κ2) is 8.07. The largest absolute Gasteiger partial charge is 0.368 e. The minimum absolute atomic E-state index is 0.576. The number of hydrogen-bond donors (Lipinski definition) is 2. The molecule has 2 N–H and O–H groups in total. The molecule has 0 aromatic rings. The Hall–Kier alpha value is -0.200. The lowest BCUT2D eigenvalue weighted by atomic mass is 10.1. The smallest absolute Gasteiger partial charge is 0.152 e. The molecule has 5 nitrogen and oxygen atoms in total. The lowest BCUT2D eigenvalue weighted by molar-refractivity contribution is -0.933. The van der Waals surface area contributed by atoms with Gasteiger partial charge in [0.15, 0.2) is 12.6 Å². The standard InChI is InChI=1S/C13H28NO4/c1-12(15)17-10-8-14(6-4-3-5-7-14)9-11-18-13(2)16/h12-13,15-16H,3-11H2,1-2H3/q+1. The number of hydrogen-bond acceptors (Lipinski definition) is 4. The van der Waals surface area contributed by atoms with Gasteiger partial charge >= 0.3 is 0 Å². The van der Waals surface area contributed by atoms with E-state index in [9.17, 15) is 0 Å². The maximum atomic E-state index is 9.13. The van der Waals surface area contributed by atoms with Crippen LogP contribution in [0.2, 0.25) is 0 Å². The van der Waals surface area contributed by atoms with Crippen molar-refractivity contribution in [1.29, 1.82) is 0 Å². The summed E-state index contributed by atoms with van der Waals surface area (Å²) in [6.07, 6.45) is 2.40. The minimum atomic E-state index is -0.691. The van der Waals surface area contributed by atoms with Gasteiger partial charge in [-0.2, -0.15) is 0 Å². The number of piperidine rings is 1. The number of ether oxygens (including phenoxy) is 2. The number of quaternary nitrogens is 1. The predicted molar refractivity (Wildman–Crippen MR) is 68.8 cm³/mol. The molecular weight excluding hydrogens is 234 g/mol. The van der Waals surface area contributed by atoms with Crippen LogP contribution in [0.4, 0.5) is 0 Å². The average Bonchev–Trinajstić information content (AvgIpc) is 2.29. The SMILES string of the molecule is CC(O)OCC[N+]1(CCOC(C)O)CCCCC1. The maximum absolute atomic E-state index is 9.13. The van der Waals surface area contributed by atoms with Crippen molar-refractivity contribution < 1.29 is 24.2 Å². The van der Waals surface area contributed by atoms with Gasteiger partial charge in [0.05, 0.1) is 26.3 Å². The maximum Gasteiger partial charge on any atom is 0.152 e. The molecule has 0 spiro atoms. The Bertz CT molecular complexity index is 199. The van der Waals surface area contributed by atoms with Crippen molar-refractivity contribution in [1.82, 2.24) is 0 Å². The van der Waals surface area contributed by atoms with E-state index in [1.807, 2.05) is 0 Å². The number of nitrogens with zero attached hydrogens (tertiary/aromatic N) is 1. The molecule has 0 amide bonds. The molecule has 1 aliphatic rings. The van der Waals surface area contributed by atoms with Crippen LogP contribution in [-0.2, 0) is 9.47 Å². The second-order valence-electron chi connectivity index (χ2n) is 5.24. The van der Waals surface area contributed by atoms with Crippen molar-refractivity contribution in [3.63, 3.8) is 0 Å². The molecule has 1 aliphatic heterocycles. The Morgan fingerprint density at radius 3 is 1.72 bits per heavy atom. The summed E-state index contributed by atoms with van der Waals surface area (Å²) in [7, 11) is 0. The van der Waals surface area contributed by atoms with Gasteiger partial charge in [0.25, 0.3) is 0 Å². The van der Waals surface area contributed by atoms with Gasteiger partial charge in [-0.05, 0) is 33.1 Å². The molecule has 0 aliphatic carbocycles. The first-order valence-corrected chi connectivity index (χ1v) is 6.98. The Labute approximate surface area is 110 Å². The molecule has 2 unspecified atom stereocenters. The van der Waals surface area contributed by atoms with Gasteiger partial charge in [0, 0.05) is 0 Å². The van der Waals surface area contributed by atoms with Crippen LogP contribution in [0.3, 0.4) is 0 Å². The van der Waals surface area contributed by atoms with Crippen LogP contribution in [0.1, 0.15) is 33.1 Å². The molecule has 0 aromatic heterocycles. The number of rotatable bonds is 8. The van der Waals surface area contributed by atoms with Crippen molar-refractivity contribution in [3.05, 3.63) is 0 Å². The Morgan fingerprint density at radius 2 is 1.33 bits per heavy atom. The highest BCUT2D eigenvalue weighted by Crippen LogP contribution is 2.18. The summed E-state index contributed by atoms with van der Waals surface area (Å²) in [6.45, 7) is 8.54. The predicted octanol–water partition coefficient (Wildman–Crippen LogP) is 0.697. The molecule has 1 rings (SSSR count). The first-order chi connectivity index (χ1) is 8.54. The van der Waals surface area contributed by atoms with Crippen LogP contribution in [0, 0.1) is 0 Å². The Morgan fingerprint density at radius 1 is 0.889 bits per heavy atom. The monoisotopic (exact) mass is 262 g/mol. The molecule has 1 fully saturated rings. The summed E-state index contributed by atoms with van der Waals surface area (Å²) in [5, 5.41) is 18.3. The summed E-state index contributed by atoms with van der Waals surface area (Å²) in [5.74, 6) is 0. The molecule has 0 radical (unpaired) electrons. The fourth-order valence-corrected chi connectivity index (χ4v) is 2.58. The van der Waals surface area contributed by atoms with Gasteiger partial charge in [-0.1, -0.05) is 0 Å². The van der Waals surface area contributed by atoms with Crippen molar-refractivity contribution in [2.45, 2.75) is 45.7 Å². The fraction of sp³-hybridized carbons (Fsp3) is 1.00. The third kappa shape index (κ3) is 6.11. The molecule has 5 heteroatoms. The van der Waals surface area contributed by atoms with Gasteiger partial charge in [0.1, 0.15) is 13.1 Å². The zero-order chi connectivity index (χ0) is 13.4. The summed E-state index contributed by atoms with van der Waals surface area (Å²) in [5.41, 5.74) is 0. The molecule has 0 bridgehead atoms. The minimum Gasteiger partial charge on any atom is -0.368 e. The van der Waals surface area contributed by atoms with E-state index in [-0.39, 0.29) is 0 Å². The van der Waals surface area contributed by atoms with E-state index in [4.69, 9.17) is 19.7 Å². The highest BCUT2D eigenvalue weighted by Gasteiger charge is 2.29. The quantitative estimate of drug-likeness (QED) is 0.499. The van der Waals surface area contributed by atoms with Crippen molar-refractivity contribution in [3.8, 4) is 0 Å². The number of aliphatic hydroxyl groups excluding tert-OH is 2. The normalized spacial score (nSPS) is 22.7. The number of aliphatic hydroxyl groups is 2. The van der Waals surface area contributed by atoms with Crippen molar-refractivity contribution in [2.75, 3.05) is 39.4 Å². The van der Waals surface area contributed by atoms with E-state index in [2.05, 4.69) is 0 Å². The van der Waals surface area contributed by atoms with Crippen molar-refractivity contribution in [2.24, 2.45) is 0 Å². The highest BCUT2D eigenvalue weighted by atomic mass is 16.6. The van der Waals surface area contributed by atoms with Gasteiger partial charge in [-0.25, -0.2) is 0 Å². The van der Waals surface area contributed by atoms with E-state index in [0.29, 0.717) is 13.2 Å². The molecule has 1 saturated heterocycles. The average molecular weight is 262 g/mol. The van der Waals surface area contributed by atoms with E-state index < -0.39 is 12.6 Å². The fourth-order valence-electron chi connectivity index (χ4n) is 2.58. The van der Waals surface area contributed by atoms with Crippen LogP contribution in [-0.4, -0.2) is 66.7 Å². The molecular formula is C13H28NO4+. The summed E-state index contributed by atoms with van der Waals surface area (Å²) in [6, 6.07) is 0. The van der Waals surface area contributed by atoms with E-state index in [1.165, 1.54) is 19.3 Å².